The number of carbonyl (C=O) groups is 3. The van der Waals surface area contributed by atoms with Gasteiger partial charge in [0.25, 0.3) is 10.0 Å². The number of ether oxygens (including phenoxy) is 1. The summed E-state index contributed by atoms with van der Waals surface area (Å²) in [5, 5.41) is 2.77. The van der Waals surface area contributed by atoms with Crippen LogP contribution in [0.2, 0.25) is 0 Å². The van der Waals surface area contributed by atoms with Gasteiger partial charge in [-0.2, -0.15) is 0 Å². The number of piperidine rings is 1. The number of hydrogen-bond donors (Lipinski definition) is 1. The van der Waals surface area contributed by atoms with E-state index in [9.17, 15) is 22.8 Å². The first-order valence-electron chi connectivity index (χ1n) is 12.5. The molecule has 2 heterocycles. The van der Waals surface area contributed by atoms with Crippen LogP contribution in [0.15, 0.2) is 41.3 Å². The third-order valence-corrected chi connectivity index (χ3v) is 9.07. The minimum absolute atomic E-state index is 0.135. The average Bonchev–Trinajstić information content (AvgIpc) is 2.83. The first-order chi connectivity index (χ1) is 17.5. The number of hydrogen-bond acceptors (Lipinski definition) is 6. The van der Waals surface area contributed by atoms with Crippen LogP contribution in [0, 0.1) is 26.7 Å². The van der Waals surface area contributed by atoms with Crippen LogP contribution in [0.25, 0.3) is 0 Å². The number of para-hydroxylation sites is 2. The van der Waals surface area contributed by atoms with E-state index in [-0.39, 0.29) is 29.1 Å². The number of sulfonamides is 1. The fraction of sp³-hybridized carbons (Fsp3) is 0.444. The molecule has 1 unspecified atom stereocenters. The zero-order valence-corrected chi connectivity index (χ0v) is 22.4. The highest BCUT2D eigenvalue weighted by Crippen LogP contribution is 2.39. The fourth-order valence-corrected chi connectivity index (χ4v) is 7.38. The van der Waals surface area contributed by atoms with Crippen molar-refractivity contribution in [2.45, 2.75) is 57.9 Å². The standard InChI is InChI=1S/C27H33N3O6S/c1-5-36-27(33)20-10-12-29(13-11-20)24(31)16-23-26(32)28-21-8-6-7-9-22(21)30(23)37(34,35)25-18(3)14-17(2)15-19(25)4/h6-9,14-15,20,23H,5,10-13,16H2,1-4H3,(H,28,32). The summed E-state index contributed by atoms with van der Waals surface area (Å²) in [4.78, 5) is 40.4. The molecule has 2 aromatic carbocycles. The van der Waals surface area contributed by atoms with E-state index in [4.69, 9.17) is 4.74 Å². The maximum Gasteiger partial charge on any atom is 0.309 e. The molecule has 9 nitrogen and oxygen atoms in total. The Kier molecular flexibility index (Phi) is 7.59. The van der Waals surface area contributed by atoms with Gasteiger partial charge in [-0.3, -0.25) is 18.7 Å². The lowest BCUT2D eigenvalue weighted by Crippen LogP contribution is -2.53. The first-order valence-corrected chi connectivity index (χ1v) is 13.9. The minimum Gasteiger partial charge on any atom is -0.466 e. The summed E-state index contributed by atoms with van der Waals surface area (Å²) in [6.45, 7) is 8.11. The molecule has 0 bridgehead atoms. The number of amides is 2. The normalized spacial score (nSPS) is 18.3. The second-order valence-electron chi connectivity index (χ2n) is 9.66. The fourth-order valence-electron chi connectivity index (χ4n) is 5.33. The van der Waals surface area contributed by atoms with Crippen molar-refractivity contribution in [1.29, 1.82) is 0 Å². The number of fused-ring (bicyclic) bond motifs is 1. The van der Waals surface area contributed by atoms with Crippen LogP contribution in [0.1, 0.15) is 42.9 Å². The molecule has 2 amide bonds. The molecule has 37 heavy (non-hydrogen) atoms. The van der Waals surface area contributed by atoms with E-state index in [1.54, 1.807) is 62.1 Å². The van der Waals surface area contributed by atoms with E-state index in [1.807, 2.05) is 6.92 Å². The SMILES string of the molecule is CCOC(=O)C1CCN(C(=O)CC2C(=O)Nc3ccccc3N2S(=O)(=O)c2c(C)cc(C)cc2C)CC1. The molecule has 2 aliphatic rings. The zero-order chi connectivity index (χ0) is 26.9. The van der Waals surface area contributed by atoms with Crippen molar-refractivity contribution in [3.8, 4) is 0 Å². The van der Waals surface area contributed by atoms with Gasteiger partial charge in [-0.15, -0.1) is 0 Å². The lowest BCUT2D eigenvalue weighted by Gasteiger charge is -2.38. The Morgan fingerprint density at radius 3 is 2.30 bits per heavy atom. The summed E-state index contributed by atoms with van der Waals surface area (Å²) in [7, 11) is -4.20. The van der Waals surface area contributed by atoms with Crippen LogP contribution in [0.3, 0.4) is 0 Å². The number of nitrogens with one attached hydrogen (secondary N) is 1. The van der Waals surface area contributed by atoms with Gasteiger partial charge in [0.1, 0.15) is 6.04 Å². The van der Waals surface area contributed by atoms with Gasteiger partial charge in [0.2, 0.25) is 11.8 Å². The van der Waals surface area contributed by atoms with E-state index in [2.05, 4.69) is 5.32 Å². The Labute approximate surface area is 217 Å². The molecule has 1 fully saturated rings. The van der Waals surface area contributed by atoms with Crippen molar-refractivity contribution in [3.05, 3.63) is 53.1 Å². The van der Waals surface area contributed by atoms with Crippen LogP contribution in [-0.4, -0.2) is 56.8 Å². The molecule has 0 radical (unpaired) electrons. The number of anilines is 2. The summed E-state index contributed by atoms with van der Waals surface area (Å²) in [6.07, 6.45) is 0.621. The Morgan fingerprint density at radius 2 is 1.68 bits per heavy atom. The first kappa shape index (κ1) is 26.7. The highest BCUT2D eigenvalue weighted by Gasteiger charge is 2.43. The summed E-state index contributed by atoms with van der Waals surface area (Å²) < 4.78 is 34.5. The van der Waals surface area contributed by atoms with Crippen LogP contribution in [0.4, 0.5) is 11.4 Å². The summed E-state index contributed by atoms with van der Waals surface area (Å²) in [5.74, 6) is -1.42. The van der Waals surface area contributed by atoms with E-state index in [1.165, 1.54) is 0 Å². The van der Waals surface area contributed by atoms with Crippen LogP contribution >= 0.6 is 0 Å². The molecular weight excluding hydrogens is 494 g/mol. The van der Waals surface area contributed by atoms with Gasteiger partial charge in [-0.1, -0.05) is 29.8 Å². The lowest BCUT2D eigenvalue weighted by atomic mass is 9.96. The largest absolute Gasteiger partial charge is 0.466 e. The number of aryl methyl sites for hydroxylation is 3. The Hall–Kier alpha value is -3.40. The summed E-state index contributed by atoms with van der Waals surface area (Å²) in [5.41, 5.74) is 2.78. The van der Waals surface area contributed by atoms with Gasteiger partial charge in [0.05, 0.1) is 35.2 Å². The molecule has 4 rings (SSSR count). The molecular formula is C27H33N3O6S. The monoisotopic (exact) mass is 527 g/mol. The zero-order valence-electron chi connectivity index (χ0n) is 21.6. The summed E-state index contributed by atoms with van der Waals surface area (Å²) in [6, 6.07) is 9.03. The van der Waals surface area contributed by atoms with E-state index in [0.29, 0.717) is 55.0 Å². The smallest absolute Gasteiger partial charge is 0.309 e. The van der Waals surface area contributed by atoms with Gasteiger partial charge in [-0.25, -0.2) is 8.42 Å². The molecule has 10 heteroatoms. The van der Waals surface area contributed by atoms with Gasteiger partial charge < -0.3 is 15.0 Å². The van der Waals surface area contributed by atoms with Crippen molar-refractivity contribution < 1.29 is 27.5 Å². The third-order valence-electron chi connectivity index (χ3n) is 6.94. The Balaban J connectivity index is 1.65. The third kappa shape index (κ3) is 5.20. The molecule has 0 saturated carbocycles. The molecule has 0 spiro atoms. The second kappa shape index (κ2) is 10.5. The second-order valence-corrected chi connectivity index (χ2v) is 11.4. The van der Waals surface area contributed by atoms with Crippen LogP contribution in [0.5, 0.6) is 0 Å². The van der Waals surface area contributed by atoms with E-state index >= 15 is 0 Å². The minimum atomic E-state index is -4.20. The number of rotatable bonds is 6. The topological polar surface area (TPSA) is 113 Å². The van der Waals surface area contributed by atoms with Crippen molar-refractivity contribution in [1.82, 2.24) is 4.90 Å². The molecule has 1 atom stereocenters. The van der Waals surface area contributed by atoms with Gasteiger partial charge in [0.15, 0.2) is 0 Å². The molecule has 1 saturated heterocycles. The predicted molar refractivity (Wildman–Crippen MR) is 140 cm³/mol. The quantitative estimate of drug-likeness (QED) is 0.577. The molecule has 0 aromatic heterocycles. The number of nitrogens with zero attached hydrogens (tertiary/aromatic N) is 2. The van der Waals surface area contributed by atoms with Gasteiger partial charge in [-0.05, 0) is 63.8 Å². The van der Waals surface area contributed by atoms with E-state index in [0.717, 1.165) is 9.87 Å². The number of esters is 1. The Morgan fingerprint density at radius 1 is 1.05 bits per heavy atom. The molecule has 2 aliphatic heterocycles. The van der Waals surface area contributed by atoms with Crippen molar-refractivity contribution in [2.75, 3.05) is 29.3 Å². The molecule has 0 aliphatic carbocycles. The molecule has 2 aromatic rings. The maximum atomic E-state index is 14.2. The molecule has 198 valence electrons. The number of likely N-dealkylation sites (tertiary alicyclic amines) is 1. The molecule has 1 N–H and O–H groups in total. The van der Waals surface area contributed by atoms with Crippen LogP contribution in [-0.2, 0) is 29.1 Å². The van der Waals surface area contributed by atoms with Gasteiger partial charge >= 0.3 is 5.97 Å². The van der Waals surface area contributed by atoms with E-state index < -0.39 is 22.0 Å². The summed E-state index contributed by atoms with van der Waals surface area (Å²) >= 11 is 0. The number of carbonyl (C=O) groups excluding carboxylic acids is 3. The highest BCUT2D eigenvalue weighted by atomic mass is 32.2. The van der Waals surface area contributed by atoms with Crippen LogP contribution < -0.4 is 9.62 Å². The predicted octanol–water partition coefficient (Wildman–Crippen LogP) is 3.32. The van der Waals surface area contributed by atoms with Crippen molar-refractivity contribution >= 4 is 39.2 Å². The average molecular weight is 528 g/mol. The Bertz CT molecular complexity index is 1310. The lowest BCUT2D eigenvalue weighted by molar-refractivity contribution is -0.151. The highest BCUT2D eigenvalue weighted by molar-refractivity contribution is 7.93. The van der Waals surface area contributed by atoms with Gasteiger partial charge in [0, 0.05) is 13.1 Å². The van der Waals surface area contributed by atoms with Crippen molar-refractivity contribution in [3.63, 3.8) is 0 Å². The van der Waals surface area contributed by atoms with Crippen molar-refractivity contribution in [2.24, 2.45) is 5.92 Å². The maximum absolute atomic E-state index is 14.2. The number of benzene rings is 2.